The Labute approximate surface area is 196 Å². The van der Waals surface area contributed by atoms with E-state index in [4.69, 9.17) is 27.9 Å². The van der Waals surface area contributed by atoms with Crippen LogP contribution in [0.15, 0.2) is 54.6 Å². The number of aromatic hydroxyl groups is 1. The van der Waals surface area contributed by atoms with Crippen molar-refractivity contribution >= 4 is 29.2 Å². The Morgan fingerprint density at radius 1 is 1.06 bits per heavy atom. The van der Waals surface area contributed by atoms with Gasteiger partial charge in [0.25, 0.3) is 0 Å². The number of phenols is 1. The molecule has 0 bridgehead atoms. The highest BCUT2D eigenvalue weighted by atomic mass is 35.5. The minimum atomic E-state index is -0.510. The lowest BCUT2D eigenvalue weighted by Gasteiger charge is -2.19. The molecule has 3 rings (SSSR count). The van der Waals surface area contributed by atoms with E-state index in [1.165, 1.54) is 19.2 Å². The largest absolute Gasteiger partial charge is 0.508 e. The molecule has 0 radical (unpaired) electrons. The Hall–Kier alpha value is -2.76. The van der Waals surface area contributed by atoms with Crippen LogP contribution in [0, 0.1) is 5.82 Å². The molecule has 168 valence electrons. The molecule has 0 aliphatic carbocycles. The van der Waals surface area contributed by atoms with Crippen LogP contribution in [-0.2, 0) is 16.0 Å². The Kier molecular flexibility index (Phi) is 7.99. The summed E-state index contributed by atoms with van der Waals surface area (Å²) in [5.41, 5.74) is 3.28. The lowest BCUT2D eigenvalue weighted by atomic mass is 9.87. The van der Waals surface area contributed by atoms with Crippen molar-refractivity contribution in [2.24, 2.45) is 0 Å². The number of rotatable bonds is 8. The van der Waals surface area contributed by atoms with E-state index >= 15 is 0 Å². The van der Waals surface area contributed by atoms with Crippen molar-refractivity contribution in [2.45, 2.75) is 25.7 Å². The van der Waals surface area contributed by atoms with Crippen LogP contribution in [0.3, 0.4) is 0 Å². The number of halogens is 3. The number of hydrogen-bond acceptors (Lipinski definition) is 4. The van der Waals surface area contributed by atoms with E-state index < -0.39 is 5.97 Å². The van der Waals surface area contributed by atoms with Crippen LogP contribution in [0.2, 0.25) is 10.0 Å². The highest BCUT2D eigenvalue weighted by Gasteiger charge is 2.18. The first-order valence-corrected chi connectivity index (χ1v) is 10.8. The molecule has 1 unspecified atom stereocenters. The Morgan fingerprint density at radius 2 is 1.72 bits per heavy atom. The molecule has 7 heteroatoms. The summed E-state index contributed by atoms with van der Waals surface area (Å²) in [5, 5.41) is 11.3. The second-order valence-electron chi connectivity index (χ2n) is 7.31. The summed E-state index contributed by atoms with van der Waals surface area (Å²) < 4.78 is 23.3. The third-order valence-corrected chi connectivity index (χ3v) is 5.90. The van der Waals surface area contributed by atoms with Gasteiger partial charge >= 0.3 is 5.97 Å². The zero-order valence-electron chi connectivity index (χ0n) is 17.7. The first-order valence-electron chi connectivity index (χ1n) is 10.1. The lowest BCUT2D eigenvalue weighted by molar-refractivity contribution is -0.142. The molecule has 0 aromatic heterocycles. The van der Waals surface area contributed by atoms with Crippen LogP contribution in [0.5, 0.6) is 11.5 Å². The normalized spacial score (nSPS) is 11.8. The van der Waals surface area contributed by atoms with Crippen LogP contribution >= 0.6 is 23.2 Å². The molecule has 0 amide bonds. The summed E-state index contributed by atoms with van der Waals surface area (Å²) in [7, 11) is 1.28. The number of methoxy groups -OCH3 is 1. The number of carbonyl (C=O) groups excluding carboxylic acids is 1. The molecule has 0 saturated heterocycles. The molecular weight excluding hydrogens is 454 g/mol. The first kappa shape index (κ1) is 23.9. The van der Waals surface area contributed by atoms with E-state index in [0.29, 0.717) is 27.8 Å². The predicted octanol–water partition coefficient (Wildman–Crippen LogP) is 6.52. The summed E-state index contributed by atoms with van der Waals surface area (Å²) in [5.74, 6) is -0.360. The average Bonchev–Trinajstić information content (AvgIpc) is 2.78. The SMILES string of the molecule is CCC(c1ccc(F)cc1)c1cc(Cc2c(Cl)cc(OCC(=O)OC)cc2Cl)ccc1O. The number of phenolic OH excluding ortho intramolecular Hbond substituents is 1. The van der Waals surface area contributed by atoms with E-state index in [2.05, 4.69) is 4.74 Å². The van der Waals surface area contributed by atoms with Gasteiger partial charge in [0.2, 0.25) is 0 Å². The lowest BCUT2D eigenvalue weighted by Crippen LogP contribution is -2.12. The van der Waals surface area contributed by atoms with Gasteiger partial charge in [0, 0.05) is 27.9 Å². The van der Waals surface area contributed by atoms with E-state index in [1.807, 2.05) is 19.1 Å². The maximum atomic E-state index is 13.3. The second-order valence-corrected chi connectivity index (χ2v) is 8.13. The van der Waals surface area contributed by atoms with Crippen molar-refractivity contribution in [2.75, 3.05) is 13.7 Å². The molecule has 0 fully saturated rings. The van der Waals surface area contributed by atoms with Crippen LogP contribution in [0.25, 0.3) is 0 Å². The monoisotopic (exact) mass is 476 g/mol. The number of esters is 1. The summed E-state index contributed by atoms with van der Waals surface area (Å²) >= 11 is 12.9. The molecule has 32 heavy (non-hydrogen) atoms. The first-order chi connectivity index (χ1) is 15.3. The van der Waals surface area contributed by atoms with E-state index in [-0.39, 0.29) is 24.1 Å². The zero-order valence-corrected chi connectivity index (χ0v) is 19.2. The van der Waals surface area contributed by atoms with Crippen molar-refractivity contribution in [1.29, 1.82) is 0 Å². The topological polar surface area (TPSA) is 55.8 Å². The maximum absolute atomic E-state index is 13.3. The smallest absolute Gasteiger partial charge is 0.343 e. The van der Waals surface area contributed by atoms with E-state index in [0.717, 1.165) is 23.1 Å². The third kappa shape index (κ3) is 5.72. The molecule has 0 aliphatic heterocycles. The molecule has 3 aromatic rings. The van der Waals surface area contributed by atoms with Crippen molar-refractivity contribution in [1.82, 2.24) is 0 Å². The van der Waals surface area contributed by atoms with Gasteiger partial charge in [-0.1, -0.05) is 54.4 Å². The predicted molar refractivity (Wildman–Crippen MR) is 123 cm³/mol. The number of benzene rings is 3. The Morgan fingerprint density at radius 3 is 2.31 bits per heavy atom. The number of ether oxygens (including phenoxy) is 2. The molecule has 3 aromatic carbocycles. The molecule has 0 spiro atoms. The van der Waals surface area contributed by atoms with Crippen molar-refractivity contribution in [3.8, 4) is 11.5 Å². The van der Waals surface area contributed by atoms with Gasteiger partial charge in [-0.05, 0) is 53.4 Å². The fourth-order valence-corrected chi connectivity index (χ4v) is 4.16. The van der Waals surface area contributed by atoms with Crippen LogP contribution in [0.4, 0.5) is 4.39 Å². The van der Waals surface area contributed by atoms with E-state index in [9.17, 15) is 14.3 Å². The summed E-state index contributed by atoms with van der Waals surface area (Å²) in [6.07, 6.45) is 1.17. The summed E-state index contributed by atoms with van der Waals surface area (Å²) in [6, 6.07) is 14.9. The quantitative estimate of drug-likeness (QED) is 0.375. The average molecular weight is 477 g/mol. The van der Waals surface area contributed by atoms with E-state index in [1.54, 1.807) is 30.3 Å². The van der Waals surface area contributed by atoms with Gasteiger partial charge in [-0.2, -0.15) is 0 Å². The molecule has 0 aliphatic rings. The fraction of sp³-hybridized carbons (Fsp3) is 0.240. The van der Waals surface area contributed by atoms with Gasteiger partial charge in [-0.15, -0.1) is 0 Å². The van der Waals surface area contributed by atoms with Gasteiger partial charge in [-0.25, -0.2) is 9.18 Å². The van der Waals surface area contributed by atoms with Gasteiger partial charge in [0.15, 0.2) is 6.61 Å². The molecule has 0 heterocycles. The highest BCUT2D eigenvalue weighted by molar-refractivity contribution is 6.36. The summed E-state index contributed by atoms with van der Waals surface area (Å²) in [6.45, 7) is 1.77. The maximum Gasteiger partial charge on any atom is 0.343 e. The van der Waals surface area contributed by atoms with Crippen LogP contribution in [0.1, 0.15) is 41.5 Å². The van der Waals surface area contributed by atoms with Gasteiger partial charge in [-0.3, -0.25) is 0 Å². The summed E-state index contributed by atoms with van der Waals surface area (Å²) in [4.78, 5) is 11.3. The van der Waals surface area contributed by atoms with Crippen molar-refractivity contribution in [3.05, 3.63) is 92.7 Å². The molecule has 1 atom stereocenters. The van der Waals surface area contributed by atoms with Crippen molar-refractivity contribution in [3.63, 3.8) is 0 Å². The Balaban J connectivity index is 1.87. The molecule has 1 N–H and O–H groups in total. The van der Waals surface area contributed by atoms with Gasteiger partial charge in [0.1, 0.15) is 17.3 Å². The fourth-order valence-electron chi connectivity index (χ4n) is 3.56. The minimum Gasteiger partial charge on any atom is -0.508 e. The standard InChI is InChI=1S/C25H23Cl2FO4/c1-3-19(16-5-7-17(28)8-6-16)20-10-15(4-9-24(20)29)11-21-22(26)12-18(13-23(21)27)32-14-25(30)31-2/h4-10,12-13,19,29H,3,11,14H2,1-2H3. The Bertz CT molecular complexity index is 1080. The van der Waals surface area contributed by atoms with Crippen LogP contribution in [-0.4, -0.2) is 24.8 Å². The molecule has 4 nitrogen and oxygen atoms in total. The number of hydrogen-bond donors (Lipinski definition) is 1. The van der Waals surface area contributed by atoms with Gasteiger partial charge in [0.05, 0.1) is 7.11 Å². The molecule has 0 saturated carbocycles. The van der Waals surface area contributed by atoms with Crippen LogP contribution < -0.4 is 4.74 Å². The second kappa shape index (κ2) is 10.7. The number of carbonyl (C=O) groups is 1. The highest BCUT2D eigenvalue weighted by Crippen LogP contribution is 2.37. The van der Waals surface area contributed by atoms with Crippen molar-refractivity contribution < 1.29 is 23.8 Å². The van der Waals surface area contributed by atoms with Gasteiger partial charge < -0.3 is 14.6 Å². The third-order valence-electron chi connectivity index (χ3n) is 5.23. The zero-order chi connectivity index (χ0) is 23.3. The molecular formula is C25H23Cl2FO4. The minimum absolute atomic E-state index is 0.0874.